The Morgan fingerprint density at radius 1 is 0.367 bits per heavy atom. The molecule has 2 heterocycles. The van der Waals surface area contributed by atoms with Crippen LogP contribution < -0.4 is 4.90 Å². The van der Waals surface area contributed by atoms with E-state index in [4.69, 9.17) is 0 Å². The van der Waals surface area contributed by atoms with Crippen LogP contribution in [0.15, 0.2) is 228 Å². The summed E-state index contributed by atoms with van der Waals surface area (Å²) in [7, 11) is 0. The average molecular weight is 781 g/mol. The summed E-state index contributed by atoms with van der Waals surface area (Å²) >= 11 is 1.89. The summed E-state index contributed by atoms with van der Waals surface area (Å²) in [5, 5.41) is 7.50. The fraction of sp³-hybridized carbons (Fsp3) is 0.0175. The first kappa shape index (κ1) is 33.6. The molecule has 280 valence electrons. The number of benzene rings is 10. The average Bonchev–Trinajstić information content (AvgIpc) is 3.64. The molecule has 2 nitrogen and oxygen atoms in total. The molecule has 0 amide bonds. The highest BCUT2D eigenvalue weighted by Crippen LogP contribution is 2.62. The number of fused-ring (bicyclic) bond motifs is 12. The maximum atomic E-state index is 2.51. The van der Waals surface area contributed by atoms with Crippen molar-refractivity contribution in [3.05, 3.63) is 241 Å². The van der Waals surface area contributed by atoms with Gasteiger partial charge in [-0.25, -0.2) is 0 Å². The SMILES string of the molecule is c1ccc(-n2c3ccccc3c3cc(N(c4ccc5c(c4)C4(c6ccccc6Sc6ccccc64)c4cccc6cccc-5c46)c4ccc5ccccc5c4)ccc32)cc1. The number of anilines is 3. The standard InChI is InChI=1S/C57H36N2S/c1-2-18-40(19-3-1)59-52-25-9-6-20-45(52)47-35-42(31-33-53(47)59)58(41-29-28-37-14-4-5-15-39(37)34-41)43-30-32-44-46-21-12-16-38-17-13-24-50(56(38)46)57(51(44)36-43)48-22-7-10-26-54(48)60-55-27-11-8-23-49(55)57/h1-36H. The monoisotopic (exact) mass is 780 g/mol. The lowest BCUT2D eigenvalue weighted by molar-refractivity contribution is 0.707. The van der Waals surface area contributed by atoms with Crippen LogP contribution in [0.4, 0.5) is 17.1 Å². The molecule has 1 spiro atoms. The summed E-state index contributed by atoms with van der Waals surface area (Å²) < 4.78 is 2.39. The van der Waals surface area contributed by atoms with Crippen molar-refractivity contribution >= 4 is 72.2 Å². The Hall–Kier alpha value is -7.33. The van der Waals surface area contributed by atoms with Gasteiger partial charge in [-0.15, -0.1) is 0 Å². The molecule has 0 atom stereocenters. The first-order valence-electron chi connectivity index (χ1n) is 20.7. The quantitative estimate of drug-likeness (QED) is 0.176. The normalized spacial score (nSPS) is 13.4. The Morgan fingerprint density at radius 2 is 0.967 bits per heavy atom. The van der Waals surface area contributed by atoms with Gasteiger partial charge in [0, 0.05) is 43.3 Å². The Balaban J connectivity index is 1.12. The van der Waals surface area contributed by atoms with E-state index in [9.17, 15) is 0 Å². The molecule has 1 aliphatic carbocycles. The molecule has 60 heavy (non-hydrogen) atoms. The van der Waals surface area contributed by atoms with Crippen molar-refractivity contribution < 1.29 is 0 Å². The zero-order valence-electron chi connectivity index (χ0n) is 32.6. The highest BCUT2D eigenvalue weighted by Gasteiger charge is 2.48. The van der Waals surface area contributed by atoms with Crippen LogP contribution in [-0.2, 0) is 5.41 Å². The van der Waals surface area contributed by atoms with Crippen LogP contribution in [0.5, 0.6) is 0 Å². The Morgan fingerprint density at radius 3 is 1.80 bits per heavy atom. The topological polar surface area (TPSA) is 8.17 Å². The lowest BCUT2D eigenvalue weighted by Gasteiger charge is -2.46. The van der Waals surface area contributed by atoms with Crippen LogP contribution in [0.3, 0.4) is 0 Å². The Labute approximate surface area is 352 Å². The van der Waals surface area contributed by atoms with E-state index in [0.717, 1.165) is 22.7 Å². The predicted molar refractivity (Wildman–Crippen MR) is 252 cm³/mol. The van der Waals surface area contributed by atoms with Gasteiger partial charge in [0.15, 0.2) is 0 Å². The molecule has 10 aromatic carbocycles. The molecule has 0 unspecified atom stereocenters. The van der Waals surface area contributed by atoms with E-state index in [1.165, 1.54) is 86.5 Å². The summed E-state index contributed by atoms with van der Waals surface area (Å²) in [5.41, 5.74) is 14.2. The van der Waals surface area contributed by atoms with Gasteiger partial charge in [0.25, 0.3) is 0 Å². The molecule has 0 N–H and O–H groups in total. The number of hydrogen-bond donors (Lipinski definition) is 0. The minimum Gasteiger partial charge on any atom is -0.310 e. The van der Waals surface area contributed by atoms with Gasteiger partial charge in [-0.1, -0.05) is 157 Å². The minimum atomic E-state index is -0.542. The van der Waals surface area contributed by atoms with E-state index >= 15 is 0 Å². The fourth-order valence-corrected chi connectivity index (χ4v) is 11.7. The highest BCUT2D eigenvalue weighted by atomic mass is 32.2. The van der Waals surface area contributed by atoms with Gasteiger partial charge in [-0.2, -0.15) is 0 Å². The largest absolute Gasteiger partial charge is 0.310 e. The molecule has 0 radical (unpaired) electrons. The smallest absolute Gasteiger partial charge is 0.0736 e. The molecule has 0 saturated heterocycles. The maximum Gasteiger partial charge on any atom is 0.0736 e. The second-order valence-electron chi connectivity index (χ2n) is 16.0. The molecular weight excluding hydrogens is 745 g/mol. The molecule has 0 fully saturated rings. The van der Waals surface area contributed by atoms with Crippen molar-refractivity contribution in [3.63, 3.8) is 0 Å². The van der Waals surface area contributed by atoms with E-state index in [1.54, 1.807) is 0 Å². The van der Waals surface area contributed by atoms with Crippen molar-refractivity contribution in [2.45, 2.75) is 15.2 Å². The van der Waals surface area contributed by atoms with E-state index in [-0.39, 0.29) is 0 Å². The Kier molecular flexibility index (Phi) is 7.19. The van der Waals surface area contributed by atoms with Gasteiger partial charge < -0.3 is 9.47 Å². The van der Waals surface area contributed by atoms with Crippen molar-refractivity contribution in [3.8, 4) is 16.8 Å². The van der Waals surface area contributed by atoms with Gasteiger partial charge >= 0.3 is 0 Å². The summed E-state index contributed by atoms with van der Waals surface area (Å²) in [4.78, 5) is 5.08. The number of rotatable bonds is 4. The third-order valence-corrected chi connectivity index (χ3v) is 14.1. The van der Waals surface area contributed by atoms with Gasteiger partial charge in [0.05, 0.1) is 16.4 Å². The second kappa shape index (κ2) is 12.8. The first-order valence-corrected chi connectivity index (χ1v) is 21.5. The summed E-state index contributed by atoms with van der Waals surface area (Å²) in [6.45, 7) is 0. The van der Waals surface area contributed by atoms with Gasteiger partial charge in [-0.05, 0) is 128 Å². The van der Waals surface area contributed by atoms with Crippen LogP contribution in [0, 0.1) is 0 Å². The number of nitrogens with zero attached hydrogens (tertiary/aromatic N) is 2. The summed E-state index contributed by atoms with van der Waals surface area (Å²) in [6.07, 6.45) is 0. The predicted octanol–water partition coefficient (Wildman–Crippen LogP) is 15.4. The molecular formula is C57H36N2S. The van der Waals surface area contributed by atoms with E-state index in [1.807, 2.05) is 11.8 Å². The van der Waals surface area contributed by atoms with Gasteiger partial charge in [-0.3, -0.25) is 0 Å². The zero-order chi connectivity index (χ0) is 39.4. The second-order valence-corrected chi connectivity index (χ2v) is 17.1. The van der Waals surface area contributed by atoms with Gasteiger partial charge in [0.1, 0.15) is 0 Å². The highest BCUT2D eigenvalue weighted by molar-refractivity contribution is 7.99. The molecule has 13 rings (SSSR count). The van der Waals surface area contributed by atoms with Gasteiger partial charge in [0.2, 0.25) is 0 Å². The van der Waals surface area contributed by atoms with Crippen LogP contribution in [0.25, 0.3) is 60.2 Å². The van der Waals surface area contributed by atoms with Crippen molar-refractivity contribution in [2.75, 3.05) is 4.90 Å². The van der Waals surface area contributed by atoms with E-state index in [2.05, 4.69) is 228 Å². The maximum absolute atomic E-state index is 2.51. The van der Waals surface area contributed by atoms with Crippen LogP contribution in [0.2, 0.25) is 0 Å². The molecule has 2 aliphatic rings. The van der Waals surface area contributed by atoms with Crippen LogP contribution in [-0.4, -0.2) is 4.57 Å². The lowest BCUT2D eigenvalue weighted by atomic mass is 9.59. The van der Waals surface area contributed by atoms with Crippen molar-refractivity contribution in [1.29, 1.82) is 0 Å². The van der Waals surface area contributed by atoms with Crippen molar-refractivity contribution in [1.82, 2.24) is 4.57 Å². The molecule has 3 heteroatoms. The molecule has 1 aromatic heterocycles. The number of para-hydroxylation sites is 2. The first-order chi connectivity index (χ1) is 29.8. The van der Waals surface area contributed by atoms with Crippen LogP contribution in [0.1, 0.15) is 22.3 Å². The third-order valence-electron chi connectivity index (χ3n) is 13.0. The molecule has 0 bridgehead atoms. The zero-order valence-corrected chi connectivity index (χ0v) is 33.4. The molecule has 1 aliphatic heterocycles. The molecule has 11 aromatic rings. The fourth-order valence-electron chi connectivity index (χ4n) is 10.5. The third kappa shape index (κ3) is 4.67. The number of hydrogen-bond acceptors (Lipinski definition) is 2. The lowest BCUT2D eigenvalue weighted by Crippen LogP contribution is -2.36. The summed E-state index contributed by atoms with van der Waals surface area (Å²) in [6, 6.07) is 81.3. The number of aromatic nitrogens is 1. The minimum absolute atomic E-state index is 0.542. The molecule has 0 saturated carbocycles. The Bertz CT molecular complexity index is 3490. The summed E-state index contributed by atoms with van der Waals surface area (Å²) in [5.74, 6) is 0. The van der Waals surface area contributed by atoms with E-state index in [0.29, 0.717) is 0 Å². The van der Waals surface area contributed by atoms with Crippen molar-refractivity contribution in [2.24, 2.45) is 0 Å². The van der Waals surface area contributed by atoms with E-state index < -0.39 is 5.41 Å². The van der Waals surface area contributed by atoms with Crippen LogP contribution >= 0.6 is 11.8 Å².